The topological polar surface area (TPSA) is 88.3 Å². The van der Waals surface area contributed by atoms with E-state index in [1.807, 2.05) is 11.9 Å². The summed E-state index contributed by atoms with van der Waals surface area (Å²) in [5.74, 6) is 0.0586. The van der Waals surface area contributed by atoms with Crippen LogP contribution >= 0.6 is 0 Å². The molecule has 3 aliphatic rings. The molecule has 0 atom stereocenters. The number of carbonyl (C=O) groups is 2. The summed E-state index contributed by atoms with van der Waals surface area (Å²) in [5, 5.41) is 0. The van der Waals surface area contributed by atoms with Gasteiger partial charge in [-0.25, -0.2) is 4.79 Å². The molecule has 3 fully saturated rings. The van der Waals surface area contributed by atoms with E-state index in [0.717, 1.165) is 25.9 Å². The third kappa shape index (κ3) is 4.07. The van der Waals surface area contributed by atoms with Gasteiger partial charge in [-0.2, -0.15) is 0 Å². The molecule has 1 saturated carbocycles. The summed E-state index contributed by atoms with van der Waals surface area (Å²) < 4.78 is 10.8. The van der Waals surface area contributed by atoms with Crippen LogP contribution in [0.15, 0.2) is 0 Å². The minimum Gasteiger partial charge on any atom is -0.441 e. The van der Waals surface area contributed by atoms with Crippen LogP contribution in [0.25, 0.3) is 0 Å². The van der Waals surface area contributed by atoms with Crippen molar-refractivity contribution >= 4 is 12.0 Å². The minimum atomic E-state index is -0.615. The zero-order chi connectivity index (χ0) is 18.1. The van der Waals surface area contributed by atoms with Gasteiger partial charge in [-0.1, -0.05) is 0 Å². The fourth-order valence-corrected chi connectivity index (χ4v) is 3.56. The fourth-order valence-electron chi connectivity index (χ4n) is 3.56. The van der Waals surface area contributed by atoms with Gasteiger partial charge < -0.3 is 29.9 Å². The molecular formula is C17H30N4O4. The molecule has 1 spiro atoms. The lowest BCUT2D eigenvalue weighted by Gasteiger charge is -2.38. The van der Waals surface area contributed by atoms with E-state index in [4.69, 9.17) is 15.2 Å². The van der Waals surface area contributed by atoms with Gasteiger partial charge in [-0.3, -0.25) is 4.79 Å². The molecule has 0 bridgehead atoms. The highest BCUT2D eigenvalue weighted by Crippen LogP contribution is 2.38. The molecule has 2 heterocycles. The lowest BCUT2D eigenvalue weighted by Crippen LogP contribution is -2.53. The first-order valence-corrected chi connectivity index (χ1v) is 9.11. The van der Waals surface area contributed by atoms with Crippen molar-refractivity contribution in [1.29, 1.82) is 0 Å². The molecule has 0 aromatic carbocycles. The Labute approximate surface area is 149 Å². The number of hydrogen-bond donors (Lipinski definition) is 1. The zero-order valence-electron chi connectivity index (χ0n) is 15.3. The van der Waals surface area contributed by atoms with E-state index in [0.29, 0.717) is 45.6 Å². The van der Waals surface area contributed by atoms with Gasteiger partial charge in [0.05, 0.1) is 18.7 Å². The summed E-state index contributed by atoms with van der Waals surface area (Å²) in [6.45, 7) is 4.79. The molecule has 0 radical (unpaired) electrons. The molecule has 1 aliphatic carbocycles. The van der Waals surface area contributed by atoms with Crippen molar-refractivity contribution in [2.45, 2.75) is 36.8 Å². The smallest absolute Gasteiger partial charge is 0.410 e. The first-order valence-electron chi connectivity index (χ1n) is 9.11. The zero-order valence-corrected chi connectivity index (χ0v) is 15.3. The van der Waals surface area contributed by atoms with Crippen molar-refractivity contribution in [1.82, 2.24) is 14.7 Å². The predicted octanol–water partition coefficient (Wildman–Crippen LogP) is -0.131. The average molecular weight is 354 g/mol. The monoisotopic (exact) mass is 354 g/mol. The van der Waals surface area contributed by atoms with Crippen molar-refractivity contribution in [2.24, 2.45) is 5.73 Å². The average Bonchev–Trinajstić information content (AvgIpc) is 3.28. The van der Waals surface area contributed by atoms with Crippen LogP contribution in [-0.4, -0.2) is 97.9 Å². The van der Waals surface area contributed by atoms with Gasteiger partial charge in [-0.05, 0) is 19.9 Å². The Morgan fingerprint density at radius 1 is 1.28 bits per heavy atom. The highest BCUT2D eigenvalue weighted by molar-refractivity contribution is 5.89. The molecule has 2 N–H and O–H groups in total. The SMILES string of the molecule is COCCN(C)CCN1CC2(CCN(C(=O)C3(N)CC3)CC2)OC1=O. The fraction of sp³-hybridized carbons (Fsp3) is 0.882. The number of methoxy groups -OCH3 is 1. The van der Waals surface area contributed by atoms with Crippen molar-refractivity contribution in [3.8, 4) is 0 Å². The molecule has 3 rings (SSSR count). The first kappa shape index (κ1) is 18.4. The maximum absolute atomic E-state index is 12.3. The summed E-state index contributed by atoms with van der Waals surface area (Å²) in [5.41, 5.74) is 4.96. The Kier molecular flexibility index (Phi) is 5.22. The minimum absolute atomic E-state index is 0.0586. The second-order valence-electron chi connectivity index (χ2n) is 7.72. The van der Waals surface area contributed by atoms with E-state index < -0.39 is 11.1 Å². The van der Waals surface area contributed by atoms with Gasteiger partial charge in [0.2, 0.25) is 5.91 Å². The number of hydrogen-bond acceptors (Lipinski definition) is 6. The summed E-state index contributed by atoms with van der Waals surface area (Å²) in [6.07, 6.45) is 2.71. The molecule has 25 heavy (non-hydrogen) atoms. The van der Waals surface area contributed by atoms with E-state index in [1.54, 1.807) is 12.0 Å². The van der Waals surface area contributed by atoms with Gasteiger partial charge in [-0.15, -0.1) is 0 Å². The van der Waals surface area contributed by atoms with Crippen molar-refractivity contribution in [3.05, 3.63) is 0 Å². The van der Waals surface area contributed by atoms with Crippen LogP contribution in [0, 0.1) is 0 Å². The maximum Gasteiger partial charge on any atom is 0.410 e. The van der Waals surface area contributed by atoms with Crippen LogP contribution in [0.3, 0.4) is 0 Å². The van der Waals surface area contributed by atoms with Crippen molar-refractivity contribution < 1.29 is 19.1 Å². The number of likely N-dealkylation sites (tertiary alicyclic amines) is 1. The van der Waals surface area contributed by atoms with Crippen LogP contribution in [0.4, 0.5) is 4.79 Å². The second kappa shape index (κ2) is 7.09. The van der Waals surface area contributed by atoms with Crippen molar-refractivity contribution in [2.75, 3.05) is 60.0 Å². The molecule has 2 amide bonds. The van der Waals surface area contributed by atoms with Crippen LogP contribution in [0.5, 0.6) is 0 Å². The summed E-state index contributed by atoms with van der Waals surface area (Å²) >= 11 is 0. The van der Waals surface area contributed by atoms with Gasteiger partial charge in [0.15, 0.2) is 0 Å². The van der Waals surface area contributed by atoms with Crippen LogP contribution in [0.1, 0.15) is 25.7 Å². The van der Waals surface area contributed by atoms with Crippen molar-refractivity contribution in [3.63, 3.8) is 0 Å². The van der Waals surface area contributed by atoms with E-state index in [9.17, 15) is 9.59 Å². The molecular weight excluding hydrogens is 324 g/mol. The lowest BCUT2D eigenvalue weighted by atomic mass is 9.91. The molecule has 142 valence electrons. The summed E-state index contributed by atoms with van der Waals surface area (Å²) in [7, 11) is 3.70. The van der Waals surface area contributed by atoms with Gasteiger partial charge in [0.1, 0.15) is 5.60 Å². The van der Waals surface area contributed by atoms with E-state index in [1.165, 1.54) is 0 Å². The van der Waals surface area contributed by atoms with Crippen LogP contribution < -0.4 is 5.73 Å². The number of nitrogens with two attached hydrogens (primary N) is 1. The Morgan fingerprint density at radius 2 is 1.96 bits per heavy atom. The van der Waals surface area contributed by atoms with E-state index in [2.05, 4.69) is 4.90 Å². The Balaban J connectivity index is 1.46. The molecule has 2 saturated heterocycles. The molecule has 2 aliphatic heterocycles. The van der Waals surface area contributed by atoms with Crippen LogP contribution in [0.2, 0.25) is 0 Å². The third-order valence-electron chi connectivity index (χ3n) is 5.65. The quantitative estimate of drug-likeness (QED) is 0.685. The standard InChI is InChI=1S/C17H30N4O4/c1-19(11-12-24-2)9-10-21-13-16(25-15(21)23)5-7-20(8-6-16)14(22)17(18)3-4-17/h3-13,18H2,1-2H3. The number of likely N-dealkylation sites (N-methyl/N-ethyl adjacent to an activating group) is 1. The normalized spacial score (nSPS) is 24.1. The lowest BCUT2D eigenvalue weighted by molar-refractivity contribution is -0.137. The van der Waals surface area contributed by atoms with E-state index >= 15 is 0 Å². The summed E-state index contributed by atoms with van der Waals surface area (Å²) in [4.78, 5) is 30.3. The van der Waals surface area contributed by atoms with E-state index in [-0.39, 0.29) is 12.0 Å². The molecule has 8 nitrogen and oxygen atoms in total. The van der Waals surface area contributed by atoms with Gasteiger partial charge in [0.25, 0.3) is 0 Å². The Hall–Kier alpha value is -1.38. The molecule has 0 aromatic rings. The number of carbonyl (C=O) groups excluding carboxylic acids is 2. The Morgan fingerprint density at radius 3 is 2.56 bits per heavy atom. The summed E-state index contributed by atoms with van der Waals surface area (Å²) in [6, 6.07) is 0. The first-order chi connectivity index (χ1) is 11.9. The maximum atomic E-state index is 12.3. The van der Waals surface area contributed by atoms with Gasteiger partial charge >= 0.3 is 6.09 Å². The van der Waals surface area contributed by atoms with Gasteiger partial charge in [0, 0.05) is 52.7 Å². The second-order valence-corrected chi connectivity index (χ2v) is 7.72. The Bertz CT molecular complexity index is 515. The third-order valence-corrected chi connectivity index (χ3v) is 5.65. The number of nitrogens with zero attached hydrogens (tertiary/aromatic N) is 3. The highest BCUT2D eigenvalue weighted by atomic mass is 16.6. The number of amides is 2. The predicted molar refractivity (Wildman–Crippen MR) is 92.1 cm³/mol. The molecule has 0 aromatic heterocycles. The molecule has 8 heteroatoms. The molecule has 0 unspecified atom stereocenters. The van der Waals surface area contributed by atoms with Crippen LogP contribution in [-0.2, 0) is 14.3 Å². The number of rotatable bonds is 7. The highest BCUT2D eigenvalue weighted by Gasteiger charge is 2.52. The largest absolute Gasteiger partial charge is 0.441 e. The number of piperidine rings is 1. The number of ether oxygens (including phenoxy) is 2.